The molecule has 0 fully saturated rings. The quantitative estimate of drug-likeness (QED) is 0.367. The Morgan fingerprint density at radius 1 is 1.06 bits per heavy atom. The first-order chi connectivity index (χ1) is 15.7. The van der Waals surface area contributed by atoms with Crippen LogP contribution in [0.1, 0.15) is 31.0 Å². The van der Waals surface area contributed by atoms with E-state index in [9.17, 15) is 13.2 Å². The number of rotatable bonds is 7. The number of benzene rings is 2. The lowest BCUT2D eigenvalue weighted by Gasteiger charge is -2.13. The van der Waals surface area contributed by atoms with Crippen molar-refractivity contribution in [3.63, 3.8) is 0 Å². The van der Waals surface area contributed by atoms with Gasteiger partial charge in [0.25, 0.3) is 0 Å². The van der Waals surface area contributed by atoms with Gasteiger partial charge in [0.1, 0.15) is 5.75 Å². The summed E-state index contributed by atoms with van der Waals surface area (Å²) in [4.78, 5) is 13.6. The molecule has 0 saturated carbocycles. The van der Waals surface area contributed by atoms with E-state index < -0.39 is 11.7 Å². The SMILES string of the molecule is COc1ccc(Nc2nc(NCc3cccc(C(F)(F)F)c3)c3ncn(C(C)C)c3n2)cc1. The summed E-state index contributed by atoms with van der Waals surface area (Å²) in [6, 6.07) is 12.6. The van der Waals surface area contributed by atoms with Crippen molar-refractivity contribution in [3.8, 4) is 5.75 Å². The van der Waals surface area contributed by atoms with Crippen molar-refractivity contribution in [2.45, 2.75) is 32.6 Å². The van der Waals surface area contributed by atoms with Crippen LogP contribution in [0.3, 0.4) is 0 Å². The van der Waals surface area contributed by atoms with Gasteiger partial charge in [-0.2, -0.15) is 23.1 Å². The molecule has 0 radical (unpaired) electrons. The van der Waals surface area contributed by atoms with Crippen molar-refractivity contribution in [1.29, 1.82) is 0 Å². The van der Waals surface area contributed by atoms with Gasteiger partial charge in [-0.1, -0.05) is 12.1 Å². The second kappa shape index (κ2) is 8.97. The molecule has 172 valence electrons. The van der Waals surface area contributed by atoms with Gasteiger partial charge in [-0.05, 0) is 55.8 Å². The van der Waals surface area contributed by atoms with E-state index in [1.54, 1.807) is 19.5 Å². The molecule has 4 rings (SSSR count). The fourth-order valence-electron chi connectivity index (χ4n) is 3.32. The number of nitrogens with zero attached hydrogens (tertiary/aromatic N) is 4. The topological polar surface area (TPSA) is 76.9 Å². The zero-order chi connectivity index (χ0) is 23.6. The normalized spacial score (nSPS) is 11.7. The maximum atomic E-state index is 13.1. The summed E-state index contributed by atoms with van der Waals surface area (Å²) in [6.45, 7) is 4.16. The minimum absolute atomic E-state index is 0.107. The molecule has 0 unspecified atom stereocenters. The number of anilines is 3. The Hall–Kier alpha value is -3.82. The number of alkyl halides is 3. The number of nitrogens with one attached hydrogen (secondary N) is 2. The van der Waals surface area contributed by atoms with Crippen LogP contribution in [0.25, 0.3) is 11.2 Å². The van der Waals surface area contributed by atoms with Crippen molar-refractivity contribution in [1.82, 2.24) is 19.5 Å². The number of imidazole rings is 1. The van der Waals surface area contributed by atoms with Gasteiger partial charge in [0.2, 0.25) is 5.95 Å². The molecule has 0 aliphatic carbocycles. The highest BCUT2D eigenvalue weighted by atomic mass is 19.4. The summed E-state index contributed by atoms with van der Waals surface area (Å²) in [5.74, 6) is 1.48. The van der Waals surface area contributed by atoms with Crippen LogP contribution in [0.5, 0.6) is 5.75 Å². The first-order valence-corrected chi connectivity index (χ1v) is 10.3. The molecule has 7 nitrogen and oxygen atoms in total. The average Bonchev–Trinajstić information content (AvgIpc) is 3.22. The summed E-state index contributed by atoms with van der Waals surface area (Å²) in [5, 5.41) is 6.29. The van der Waals surface area contributed by atoms with Gasteiger partial charge in [-0.3, -0.25) is 0 Å². The van der Waals surface area contributed by atoms with E-state index in [0.717, 1.165) is 23.6 Å². The zero-order valence-corrected chi connectivity index (χ0v) is 18.3. The molecule has 0 aliphatic rings. The van der Waals surface area contributed by atoms with Gasteiger partial charge in [-0.25, -0.2) is 4.98 Å². The molecule has 0 bridgehead atoms. The molecule has 0 saturated heterocycles. The fraction of sp³-hybridized carbons (Fsp3) is 0.261. The van der Waals surface area contributed by atoms with E-state index in [2.05, 4.69) is 25.6 Å². The van der Waals surface area contributed by atoms with E-state index in [1.807, 2.05) is 42.7 Å². The second-order valence-corrected chi connectivity index (χ2v) is 7.72. The van der Waals surface area contributed by atoms with E-state index in [0.29, 0.717) is 28.5 Å². The largest absolute Gasteiger partial charge is 0.497 e. The lowest BCUT2D eigenvalue weighted by atomic mass is 10.1. The Kier molecular flexibility index (Phi) is 6.08. The number of ether oxygens (including phenoxy) is 1. The highest BCUT2D eigenvalue weighted by Gasteiger charge is 2.30. The lowest BCUT2D eigenvalue weighted by Crippen LogP contribution is -2.09. The van der Waals surface area contributed by atoms with Crippen molar-refractivity contribution in [2.24, 2.45) is 0 Å². The molecule has 0 spiro atoms. The smallest absolute Gasteiger partial charge is 0.416 e. The molecule has 2 N–H and O–H groups in total. The summed E-state index contributed by atoms with van der Waals surface area (Å²) in [5.41, 5.74) is 1.69. The van der Waals surface area contributed by atoms with Crippen molar-refractivity contribution >= 4 is 28.6 Å². The van der Waals surface area contributed by atoms with Crippen LogP contribution >= 0.6 is 0 Å². The Balaban J connectivity index is 1.66. The van der Waals surface area contributed by atoms with E-state index >= 15 is 0 Å². The third-order valence-electron chi connectivity index (χ3n) is 5.04. The number of hydrogen-bond donors (Lipinski definition) is 2. The predicted molar refractivity (Wildman–Crippen MR) is 121 cm³/mol. The predicted octanol–water partition coefficient (Wildman–Crippen LogP) is 5.79. The molecule has 0 aliphatic heterocycles. The summed E-state index contributed by atoms with van der Waals surface area (Å²) >= 11 is 0. The fourth-order valence-corrected chi connectivity index (χ4v) is 3.32. The van der Waals surface area contributed by atoms with Crippen LogP contribution in [0.4, 0.5) is 30.6 Å². The minimum Gasteiger partial charge on any atom is -0.497 e. The third-order valence-corrected chi connectivity index (χ3v) is 5.04. The zero-order valence-electron chi connectivity index (χ0n) is 18.3. The van der Waals surface area contributed by atoms with Crippen LogP contribution in [0.15, 0.2) is 54.9 Å². The molecule has 0 amide bonds. The van der Waals surface area contributed by atoms with E-state index in [-0.39, 0.29) is 12.6 Å². The standard InChI is InChI=1S/C23H23F3N6O/c1-14(2)32-13-28-19-20(27-12-15-5-4-6-16(11-15)23(24,25)26)30-22(31-21(19)32)29-17-7-9-18(33-3)10-8-17/h4-11,13-14H,12H2,1-3H3,(H2,27,29,30,31). The Morgan fingerprint density at radius 3 is 2.48 bits per heavy atom. The summed E-state index contributed by atoms with van der Waals surface area (Å²) < 4.78 is 46.3. The van der Waals surface area contributed by atoms with Crippen molar-refractivity contribution in [2.75, 3.05) is 17.7 Å². The third kappa shape index (κ3) is 5.00. The Bertz CT molecular complexity index is 1250. The summed E-state index contributed by atoms with van der Waals surface area (Å²) in [7, 11) is 1.59. The molecular weight excluding hydrogens is 433 g/mol. The number of methoxy groups -OCH3 is 1. The lowest BCUT2D eigenvalue weighted by molar-refractivity contribution is -0.137. The molecular formula is C23H23F3N6O. The highest BCUT2D eigenvalue weighted by Crippen LogP contribution is 2.30. The van der Waals surface area contributed by atoms with Crippen LogP contribution in [0.2, 0.25) is 0 Å². The first-order valence-electron chi connectivity index (χ1n) is 10.3. The van der Waals surface area contributed by atoms with Gasteiger partial charge >= 0.3 is 6.18 Å². The first kappa shape index (κ1) is 22.4. The monoisotopic (exact) mass is 456 g/mol. The number of aromatic nitrogens is 4. The number of fused-ring (bicyclic) bond motifs is 1. The molecule has 2 aromatic carbocycles. The van der Waals surface area contributed by atoms with Gasteiger partial charge in [0.15, 0.2) is 17.0 Å². The van der Waals surface area contributed by atoms with Crippen molar-refractivity contribution < 1.29 is 17.9 Å². The molecule has 2 aromatic heterocycles. The van der Waals surface area contributed by atoms with E-state index in [4.69, 9.17) is 4.74 Å². The minimum atomic E-state index is -4.40. The van der Waals surface area contributed by atoms with E-state index in [1.165, 1.54) is 6.07 Å². The highest BCUT2D eigenvalue weighted by molar-refractivity contribution is 5.84. The number of hydrogen-bond acceptors (Lipinski definition) is 6. The van der Waals surface area contributed by atoms with Crippen LogP contribution in [-0.4, -0.2) is 26.6 Å². The number of halogens is 3. The van der Waals surface area contributed by atoms with Crippen LogP contribution in [0, 0.1) is 0 Å². The molecule has 33 heavy (non-hydrogen) atoms. The summed E-state index contributed by atoms with van der Waals surface area (Å²) in [6.07, 6.45) is -2.72. The average molecular weight is 456 g/mol. The Labute approximate surface area is 188 Å². The Morgan fingerprint density at radius 2 is 1.82 bits per heavy atom. The molecule has 4 aromatic rings. The molecule has 0 atom stereocenters. The second-order valence-electron chi connectivity index (χ2n) is 7.72. The van der Waals surface area contributed by atoms with Crippen LogP contribution < -0.4 is 15.4 Å². The molecule has 10 heteroatoms. The van der Waals surface area contributed by atoms with Crippen molar-refractivity contribution in [3.05, 3.63) is 66.0 Å². The maximum absolute atomic E-state index is 13.1. The van der Waals surface area contributed by atoms with Gasteiger partial charge < -0.3 is 19.9 Å². The van der Waals surface area contributed by atoms with Gasteiger partial charge in [0, 0.05) is 18.3 Å². The molecule has 2 heterocycles. The van der Waals surface area contributed by atoms with Gasteiger partial charge in [0.05, 0.1) is 19.0 Å². The van der Waals surface area contributed by atoms with Gasteiger partial charge in [-0.15, -0.1) is 0 Å². The maximum Gasteiger partial charge on any atom is 0.416 e. The van der Waals surface area contributed by atoms with Crippen LogP contribution in [-0.2, 0) is 12.7 Å².